The summed E-state index contributed by atoms with van der Waals surface area (Å²) >= 11 is 0. The lowest BCUT2D eigenvalue weighted by atomic mass is 10.0. The van der Waals surface area contributed by atoms with E-state index in [-0.39, 0.29) is 17.4 Å². The third-order valence-corrected chi connectivity index (χ3v) is 3.32. The number of fused-ring (bicyclic) bond motifs is 1. The number of ether oxygens (including phenoxy) is 1. The van der Waals surface area contributed by atoms with Crippen molar-refractivity contribution in [3.8, 4) is 5.75 Å². The lowest BCUT2D eigenvalue weighted by Crippen LogP contribution is -2.40. The van der Waals surface area contributed by atoms with Gasteiger partial charge in [-0.15, -0.1) is 6.58 Å². The first-order chi connectivity index (χ1) is 9.43. The first kappa shape index (κ1) is 14.6. The van der Waals surface area contributed by atoms with Gasteiger partial charge in [0.25, 0.3) is 0 Å². The van der Waals surface area contributed by atoms with Gasteiger partial charge >= 0.3 is 0 Å². The SMILES string of the molecule is C=CCNC(C)C(=O)c1ccc2c(c1)NCC(C)(C)O2. The summed E-state index contributed by atoms with van der Waals surface area (Å²) in [5.74, 6) is 0.866. The zero-order valence-electron chi connectivity index (χ0n) is 12.3. The van der Waals surface area contributed by atoms with Gasteiger partial charge in [-0.05, 0) is 39.0 Å². The van der Waals surface area contributed by atoms with Crippen molar-refractivity contribution in [1.82, 2.24) is 5.32 Å². The fraction of sp³-hybridized carbons (Fsp3) is 0.438. The van der Waals surface area contributed by atoms with E-state index in [1.165, 1.54) is 0 Å². The van der Waals surface area contributed by atoms with Crippen molar-refractivity contribution in [2.75, 3.05) is 18.4 Å². The molecule has 2 rings (SSSR count). The minimum atomic E-state index is -0.230. The zero-order valence-corrected chi connectivity index (χ0v) is 12.3. The lowest BCUT2D eigenvalue weighted by Gasteiger charge is -2.33. The lowest BCUT2D eigenvalue weighted by molar-refractivity contribution is 0.0952. The van der Waals surface area contributed by atoms with Gasteiger partial charge in [0.05, 0.1) is 18.3 Å². The molecule has 1 aromatic rings. The topological polar surface area (TPSA) is 50.4 Å². The molecule has 0 spiro atoms. The molecule has 0 amide bonds. The Morgan fingerprint density at radius 2 is 2.35 bits per heavy atom. The first-order valence-corrected chi connectivity index (χ1v) is 6.88. The Labute approximate surface area is 120 Å². The number of nitrogens with one attached hydrogen (secondary N) is 2. The Bertz CT molecular complexity index is 523. The van der Waals surface area contributed by atoms with Crippen LogP contribution in [-0.4, -0.2) is 30.5 Å². The van der Waals surface area contributed by atoms with E-state index in [1.54, 1.807) is 6.08 Å². The summed E-state index contributed by atoms with van der Waals surface area (Å²) in [6.45, 7) is 10.9. The van der Waals surface area contributed by atoms with Crippen LogP contribution in [-0.2, 0) is 0 Å². The number of benzene rings is 1. The van der Waals surface area contributed by atoms with Crippen LogP contribution in [0.2, 0.25) is 0 Å². The van der Waals surface area contributed by atoms with Gasteiger partial charge in [0.2, 0.25) is 0 Å². The van der Waals surface area contributed by atoms with Crippen molar-refractivity contribution >= 4 is 11.5 Å². The van der Waals surface area contributed by atoms with Gasteiger partial charge in [-0.25, -0.2) is 0 Å². The number of hydrogen-bond acceptors (Lipinski definition) is 4. The van der Waals surface area contributed by atoms with Gasteiger partial charge in [-0.2, -0.15) is 0 Å². The number of ketones is 1. The van der Waals surface area contributed by atoms with Crippen LogP contribution in [0.25, 0.3) is 0 Å². The Balaban J connectivity index is 2.15. The average molecular weight is 274 g/mol. The summed E-state index contributed by atoms with van der Waals surface area (Å²) in [5, 5.41) is 6.42. The van der Waals surface area contributed by atoms with E-state index in [1.807, 2.05) is 39.0 Å². The van der Waals surface area contributed by atoms with E-state index in [2.05, 4.69) is 17.2 Å². The Morgan fingerprint density at radius 1 is 1.60 bits per heavy atom. The number of anilines is 1. The van der Waals surface area contributed by atoms with Crippen LogP contribution in [0.3, 0.4) is 0 Å². The highest BCUT2D eigenvalue weighted by Gasteiger charge is 2.27. The van der Waals surface area contributed by atoms with E-state index in [0.717, 1.165) is 18.0 Å². The van der Waals surface area contributed by atoms with E-state index in [0.29, 0.717) is 12.1 Å². The third-order valence-electron chi connectivity index (χ3n) is 3.32. The second kappa shape index (κ2) is 5.67. The molecule has 2 N–H and O–H groups in total. The maximum absolute atomic E-state index is 12.3. The van der Waals surface area contributed by atoms with Gasteiger partial charge in [0, 0.05) is 12.1 Å². The molecule has 0 saturated carbocycles. The van der Waals surface area contributed by atoms with Crippen LogP contribution < -0.4 is 15.4 Å². The van der Waals surface area contributed by atoms with Gasteiger partial charge in [0.1, 0.15) is 11.4 Å². The van der Waals surface area contributed by atoms with Crippen molar-refractivity contribution in [1.29, 1.82) is 0 Å². The Morgan fingerprint density at radius 3 is 3.05 bits per heavy atom. The molecular formula is C16H22N2O2. The summed E-state index contributed by atoms with van der Waals surface area (Å²) in [5.41, 5.74) is 1.34. The quantitative estimate of drug-likeness (QED) is 0.640. The Kier molecular flexibility index (Phi) is 4.14. The van der Waals surface area contributed by atoms with Gasteiger partial charge in [-0.3, -0.25) is 4.79 Å². The third kappa shape index (κ3) is 3.20. The maximum atomic E-state index is 12.3. The fourth-order valence-corrected chi connectivity index (χ4v) is 2.16. The molecule has 0 bridgehead atoms. The highest BCUT2D eigenvalue weighted by molar-refractivity contribution is 6.01. The van der Waals surface area contributed by atoms with Gasteiger partial charge in [0.15, 0.2) is 5.78 Å². The molecule has 1 aromatic carbocycles. The second-order valence-electron chi connectivity index (χ2n) is 5.71. The van der Waals surface area contributed by atoms with Crippen molar-refractivity contribution in [2.45, 2.75) is 32.4 Å². The molecule has 1 heterocycles. The molecular weight excluding hydrogens is 252 g/mol. The molecule has 1 atom stereocenters. The molecule has 4 nitrogen and oxygen atoms in total. The van der Waals surface area contributed by atoms with E-state index in [9.17, 15) is 4.79 Å². The molecule has 4 heteroatoms. The second-order valence-corrected chi connectivity index (χ2v) is 5.71. The van der Waals surface area contributed by atoms with Gasteiger partial charge < -0.3 is 15.4 Å². The van der Waals surface area contributed by atoms with Crippen molar-refractivity contribution in [2.24, 2.45) is 0 Å². The highest BCUT2D eigenvalue weighted by Crippen LogP contribution is 2.33. The summed E-state index contributed by atoms with van der Waals surface area (Å²) in [6, 6.07) is 5.30. The van der Waals surface area contributed by atoms with Crippen LogP contribution in [0.5, 0.6) is 5.75 Å². The minimum absolute atomic E-state index is 0.0706. The Hall–Kier alpha value is -1.81. The van der Waals surface area contributed by atoms with E-state index in [4.69, 9.17) is 4.74 Å². The number of Topliss-reactive ketones (excluding diaryl/α,β-unsaturated/α-hetero) is 1. The number of carbonyl (C=O) groups is 1. The molecule has 20 heavy (non-hydrogen) atoms. The molecule has 0 saturated heterocycles. The normalized spacial score (nSPS) is 17.4. The smallest absolute Gasteiger partial charge is 0.179 e. The zero-order chi connectivity index (χ0) is 14.8. The van der Waals surface area contributed by atoms with Crippen LogP contribution in [0.15, 0.2) is 30.9 Å². The summed E-state index contributed by atoms with van der Waals surface area (Å²) < 4.78 is 5.88. The van der Waals surface area contributed by atoms with Crippen molar-refractivity contribution in [3.05, 3.63) is 36.4 Å². The monoisotopic (exact) mass is 274 g/mol. The summed E-state index contributed by atoms with van der Waals surface area (Å²) in [4.78, 5) is 12.3. The summed E-state index contributed by atoms with van der Waals surface area (Å²) in [7, 11) is 0. The molecule has 1 unspecified atom stereocenters. The van der Waals surface area contributed by atoms with E-state index < -0.39 is 0 Å². The van der Waals surface area contributed by atoms with Crippen molar-refractivity contribution in [3.63, 3.8) is 0 Å². The van der Waals surface area contributed by atoms with Crippen LogP contribution in [0, 0.1) is 0 Å². The molecule has 0 fully saturated rings. The molecule has 108 valence electrons. The number of carbonyl (C=O) groups excluding carboxylic acids is 1. The fourth-order valence-electron chi connectivity index (χ4n) is 2.16. The van der Waals surface area contributed by atoms with Crippen LogP contribution in [0.1, 0.15) is 31.1 Å². The highest BCUT2D eigenvalue weighted by atomic mass is 16.5. The summed E-state index contributed by atoms with van der Waals surface area (Å²) in [6.07, 6.45) is 1.74. The molecule has 1 aliphatic rings. The van der Waals surface area contributed by atoms with Gasteiger partial charge in [-0.1, -0.05) is 6.08 Å². The first-order valence-electron chi connectivity index (χ1n) is 6.88. The molecule has 1 aliphatic heterocycles. The predicted octanol–water partition coefficient (Wildman–Crippen LogP) is 2.62. The predicted molar refractivity (Wildman–Crippen MR) is 81.6 cm³/mol. The van der Waals surface area contributed by atoms with Crippen LogP contribution in [0.4, 0.5) is 5.69 Å². The minimum Gasteiger partial charge on any atom is -0.484 e. The number of hydrogen-bond donors (Lipinski definition) is 2. The number of rotatable bonds is 5. The molecule has 0 radical (unpaired) electrons. The standard InChI is InChI=1S/C16H22N2O2/c1-5-8-17-11(2)15(19)12-6-7-14-13(9-12)18-10-16(3,4)20-14/h5-7,9,11,17-18H,1,8,10H2,2-4H3. The largest absolute Gasteiger partial charge is 0.484 e. The molecule has 0 aliphatic carbocycles. The van der Waals surface area contributed by atoms with Crippen LogP contribution >= 0.6 is 0 Å². The molecule has 0 aromatic heterocycles. The average Bonchev–Trinajstić information content (AvgIpc) is 2.42. The maximum Gasteiger partial charge on any atom is 0.179 e. The van der Waals surface area contributed by atoms with E-state index >= 15 is 0 Å². The van der Waals surface area contributed by atoms with Crippen molar-refractivity contribution < 1.29 is 9.53 Å².